The summed E-state index contributed by atoms with van der Waals surface area (Å²) >= 11 is 0. The van der Waals surface area contributed by atoms with Gasteiger partial charge in [-0.2, -0.15) is 0 Å². The third-order valence-electron chi connectivity index (χ3n) is 4.05. The van der Waals surface area contributed by atoms with Gasteiger partial charge in [-0.25, -0.2) is 9.97 Å². The zero-order chi connectivity index (χ0) is 16.2. The molecule has 6 heteroatoms. The largest absolute Gasteiger partial charge is 0.353 e. The van der Waals surface area contributed by atoms with E-state index in [0.717, 1.165) is 37.8 Å². The molecule has 1 aliphatic rings. The third-order valence-corrected chi connectivity index (χ3v) is 4.05. The van der Waals surface area contributed by atoms with Gasteiger partial charge in [-0.15, -0.1) is 0 Å². The topological polar surface area (TPSA) is 54.3 Å². The van der Waals surface area contributed by atoms with Crippen LogP contribution >= 0.6 is 0 Å². The van der Waals surface area contributed by atoms with Gasteiger partial charge in [0.25, 0.3) is 0 Å². The van der Waals surface area contributed by atoms with Gasteiger partial charge < -0.3 is 14.4 Å². The van der Waals surface area contributed by atoms with Crippen molar-refractivity contribution >= 4 is 11.7 Å². The molecule has 0 atom stereocenters. The highest BCUT2D eigenvalue weighted by molar-refractivity contribution is 5.76. The van der Waals surface area contributed by atoms with E-state index in [1.165, 1.54) is 0 Å². The van der Waals surface area contributed by atoms with Crippen molar-refractivity contribution in [2.45, 2.75) is 20.3 Å². The fourth-order valence-corrected chi connectivity index (χ4v) is 2.80. The van der Waals surface area contributed by atoms with Crippen molar-refractivity contribution in [2.75, 3.05) is 31.1 Å². The number of nitrogens with zero attached hydrogens (tertiary/aromatic N) is 5. The van der Waals surface area contributed by atoms with Crippen LogP contribution in [0.15, 0.2) is 36.9 Å². The van der Waals surface area contributed by atoms with E-state index in [1.54, 1.807) is 6.33 Å². The fraction of sp³-hybridized carbons (Fsp3) is 0.471. The molecule has 0 saturated carbocycles. The Morgan fingerprint density at radius 1 is 1.09 bits per heavy atom. The smallest absolute Gasteiger partial charge is 0.222 e. The molecule has 0 aliphatic carbocycles. The molecule has 0 bridgehead atoms. The van der Waals surface area contributed by atoms with Gasteiger partial charge in [0.2, 0.25) is 5.91 Å². The highest BCUT2D eigenvalue weighted by Crippen LogP contribution is 2.17. The van der Waals surface area contributed by atoms with Crippen LogP contribution in [0, 0.1) is 5.92 Å². The molecule has 3 heterocycles. The second-order valence-electron chi connectivity index (χ2n) is 6.29. The number of piperazine rings is 1. The van der Waals surface area contributed by atoms with Crippen LogP contribution in [0.25, 0.3) is 5.82 Å². The zero-order valence-corrected chi connectivity index (χ0v) is 13.7. The van der Waals surface area contributed by atoms with Crippen LogP contribution in [-0.2, 0) is 4.79 Å². The number of carbonyl (C=O) groups excluding carboxylic acids is 1. The maximum absolute atomic E-state index is 12.1. The van der Waals surface area contributed by atoms with E-state index in [0.29, 0.717) is 12.3 Å². The molecule has 23 heavy (non-hydrogen) atoms. The molecule has 1 saturated heterocycles. The Hall–Kier alpha value is -2.37. The Balaban J connectivity index is 1.64. The van der Waals surface area contributed by atoms with E-state index < -0.39 is 0 Å². The molecule has 0 aromatic carbocycles. The van der Waals surface area contributed by atoms with Crippen LogP contribution in [0.3, 0.4) is 0 Å². The van der Waals surface area contributed by atoms with Crippen LogP contribution in [0.1, 0.15) is 20.3 Å². The van der Waals surface area contributed by atoms with E-state index in [1.807, 2.05) is 40.1 Å². The first-order valence-electron chi connectivity index (χ1n) is 8.11. The minimum Gasteiger partial charge on any atom is -0.353 e. The second kappa shape index (κ2) is 6.81. The molecule has 122 valence electrons. The molecule has 1 amide bonds. The first-order valence-corrected chi connectivity index (χ1v) is 8.11. The minimum absolute atomic E-state index is 0.260. The van der Waals surface area contributed by atoms with Crippen LogP contribution in [-0.4, -0.2) is 51.5 Å². The fourth-order valence-electron chi connectivity index (χ4n) is 2.80. The van der Waals surface area contributed by atoms with Crippen molar-refractivity contribution in [3.8, 4) is 5.82 Å². The molecule has 3 rings (SSSR count). The number of hydrogen-bond acceptors (Lipinski definition) is 4. The summed E-state index contributed by atoms with van der Waals surface area (Å²) in [6.07, 6.45) is 6.16. The summed E-state index contributed by atoms with van der Waals surface area (Å²) in [5, 5.41) is 0. The summed E-state index contributed by atoms with van der Waals surface area (Å²) in [6, 6.07) is 5.94. The second-order valence-corrected chi connectivity index (χ2v) is 6.29. The van der Waals surface area contributed by atoms with E-state index in [9.17, 15) is 4.79 Å². The van der Waals surface area contributed by atoms with Crippen LogP contribution in [0.2, 0.25) is 0 Å². The Morgan fingerprint density at radius 3 is 2.39 bits per heavy atom. The van der Waals surface area contributed by atoms with Crippen molar-refractivity contribution < 1.29 is 4.79 Å². The number of anilines is 1. The lowest BCUT2D eigenvalue weighted by Gasteiger charge is -2.35. The molecular formula is C17H23N5O. The maximum atomic E-state index is 12.1. The summed E-state index contributed by atoms with van der Waals surface area (Å²) in [6.45, 7) is 7.30. The quantitative estimate of drug-likeness (QED) is 0.866. The van der Waals surface area contributed by atoms with Gasteiger partial charge in [0.05, 0.1) is 0 Å². The Morgan fingerprint density at radius 2 is 1.74 bits per heavy atom. The number of amides is 1. The standard InChI is InChI=1S/C17H23N5O/c1-14(2)11-17(23)22-9-7-21(8-10-22)16-12-15(18-13-19-16)20-5-3-4-6-20/h3-6,12-14H,7-11H2,1-2H3. The molecule has 0 N–H and O–H groups in total. The third kappa shape index (κ3) is 3.70. The lowest BCUT2D eigenvalue weighted by molar-refractivity contribution is -0.132. The van der Waals surface area contributed by atoms with Crippen molar-refractivity contribution in [1.29, 1.82) is 0 Å². The first kappa shape index (κ1) is 15.5. The van der Waals surface area contributed by atoms with E-state index in [2.05, 4.69) is 28.7 Å². The molecule has 0 unspecified atom stereocenters. The van der Waals surface area contributed by atoms with Crippen LogP contribution in [0.5, 0.6) is 0 Å². The van der Waals surface area contributed by atoms with E-state index in [4.69, 9.17) is 0 Å². The normalized spacial score (nSPS) is 15.3. The van der Waals surface area contributed by atoms with Crippen LogP contribution in [0.4, 0.5) is 5.82 Å². The monoisotopic (exact) mass is 313 g/mol. The minimum atomic E-state index is 0.260. The van der Waals surface area contributed by atoms with Gasteiger partial charge >= 0.3 is 0 Å². The van der Waals surface area contributed by atoms with Crippen molar-refractivity contribution in [3.05, 3.63) is 36.9 Å². The predicted octanol–water partition coefficient (Wildman–Crippen LogP) is 1.96. The molecule has 0 spiro atoms. The Labute approximate surface area is 136 Å². The SMILES string of the molecule is CC(C)CC(=O)N1CCN(c2cc(-n3cccc3)ncn2)CC1. The summed E-state index contributed by atoms with van der Waals surface area (Å²) in [7, 11) is 0. The summed E-state index contributed by atoms with van der Waals surface area (Å²) in [5.41, 5.74) is 0. The Bertz CT molecular complexity index is 645. The molecular weight excluding hydrogens is 290 g/mol. The lowest BCUT2D eigenvalue weighted by Crippen LogP contribution is -2.49. The van der Waals surface area contributed by atoms with Gasteiger partial charge in [0.15, 0.2) is 0 Å². The van der Waals surface area contributed by atoms with Crippen molar-refractivity contribution in [3.63, 3.8) is 0 Å². The zero-order valence-electron chi connectivity index (χ0n) is 13.7. The van der Waals surface area contributed by atoms with Crippen LogP contribution < -0.4 is 4.90 Å². The molecule has 2 aromatic rings. The van der Waals surface area contributed by atoms with Gasteiger partial charge in [0.1, 0.15) is 18.0 Å². The van der Waals surface area contributed by atoms with Gasteiger partial charge in [0, 0.05) is 51.1 Å². The number of hydrogen-bond donors (Lipinski definition) is 0. The first-order chi connectivity index (χ1) is 11.1. The number of rotatable bonds is 4. The number of carbonyl (C=O) groups is 1. The van der Waals surface area contributed by atoms with Crippen molar-refractivity contribution in [2.24, 2.45) is 5.92 Å². The van der Waals surface area contributed by atoms with Gasteiger partial charge in [-0.05, 0) is 18.1 Å². The number of aromatic nitrogens is 3. The highest BCUT2D eigenvalue weighted by Gasteiger charge is 2.22. The van der Waals surface area contributed by atoms with E-state index in [-0.39, 0.29) is 5.91 Å². The van der Waals surface area contributed by atoms with Crippen molar-refractivity contribution in [1.82, 2.24) is 19.4 Å². The van der Waals surface area contributed by atoms with Gasteiger partial charge in [-0.1, -0.05) is 13.8 Å². The van der Waals surface area contributed by atoms with Gasteiger partial charge in [-0.3, -0.25) is 4.79 Å². The Kier molecular flexibility index (Phi) is 4.60. The summed E-state index contributed by atoms with van der Waals surface area (Å²) in [4.78, 5) is 25.0. The maximum Gasteiger partial charge on any atom is 0.222 e. The average molecular weight is 313 g/mol. The molecule has 6 nitrogen and oxygen atoms in total. The van der Waals surface area contributed by atoms with E-state index >= 15 is 0 Å². The molecule has 2 aromatic heterocycles. The highest BCUT2D eigenvalue weighted by atomic mass is 16.2. The summed E-state index contributed by atoms with van der Waals surface area (Å²) < 4.78 is 1.97. The molecule has 1 fully saturated rings. The molecule has 0 radical (unpaired) electrons. The molecule has 1 aliphatic heterocycles. The summed E-state index contributed by atoms with van der Waals surface area (Å²) in [5.74, 6) is 2.44. The average Bonchev–Trinajstić information content (AvgIpc) is 3.09. The predicted molar refractivity (Wildman–Crippen MR) is 89.6 cm³/mol. The lowest BCUT2D eigenvalue weighted by atomic mass is 10.1.